The summed E-state index contributed by atoms with van der Waals surface area (Å²) in [5, 5.41) is 0.124. The van der Waals surface area contributed by atoms with E-state index in [4.69, 9.17) is 23.2 Å². The molecule has 5 rings (SSSR count). The largest absolute Gasteiger partial charge is 0.468 e. The van der Waals surface area contributed by atoms with E-state index in [1.54, 1.807) is 9.36 Å². The minimum atomic E-state index is -3.44. The summed E-state index contributed by atoms with van der Waals surface area (Å²) in [6, 6.07) is 6.29. The Bertz CT molecular complexity index is 1940. The number of esters is 1. The molecule has 0 spiro atoms. The van der Waals surface area contributed by atoms with Crippen LogP contribution < -0.4 is 9.67 Å². The van der Waals surface area contributed by atoms with Gasteiger partial charge in [-0.05, 0) is 60.9 Å². The second kappa shape index (κ2) is 15.2. The lowest BCUT2D eigenvalue weighted by atomic mass is 9.82. The van der Waals surface area contributed by atoms with Crippen LogP contribution in [0.2, 0.25) is 10.0 Å². The number of benzene rings is 2. The number of ether oxygens (including phenoxy) is 1. The van der Waals surface area contributed by atoms with Crippen molar-refractivity contribution in [2.45, 2.75) is 55.0 Å². The summed E-state index contributed by atoms with van der Waals surface area (Å²) in [4.78, 5) is 64.4. The topological polar surface area (TPSA) is 151 Å². The minimum absolute atomic E-state index is 0.00216. The summed E-state index contributed by atoms with van der Waals surface area (Å²) < 4.78 is 45.1. The zero-order valence-corrected chi connectivity index (χ0v) is 28.5. The van der Waals surface area contributed by atoms with E-state index in [9.17, 15) is 36.8 Å². The molecule has 3 aromatic rings. The average Bonchev–Trinajstić information content (AvgIpc) is 3.32. The van der Waals surface area contributed by atoms with E-state index in [0.717, 1.165) is 54.3 Å². The highest BCUT2D eigenvalue weighted by atomic mass is 35.5. The van der Waals surface area contributed by atoms with Crippen molar-refractivity contribution in [3.63, 3.8) is 0 Å². The number of carbonyl (C=O) groups excluding carboxylic acids is 4. The molecule has 0 radical (unpaired) electrons. The first-order valence-electron chi connectivity index (χ1n) is 13.8. The third-order valence-corrected chi connectivity index (χ3v) is 10.8. The fourth-order valence-corrected chi connectivity index (χ4v) is 7.68. The first-order chi connectivity index (χ1) is 21.7. The zero-order chi connectivity index (χ0) is 33.8. The van der Waals surface area contributed by atoms with Crippen molar-refractivity contribution >= 4 is 85.1 Å². The number of rotatable bonds is 7. The molecule has 1 aliphatic carbocycles. The Labute approximate surface area is 281 Å². The maximum atomic E-state index is 14.3. The zero-order valence-electron chi connectivity index (χ0n) is 24.6. The van der Waals surface area contributed by atoms with Gasteiger partial charge in [-0.1, -0.05) is 23.2 Å². The highest BCUT2D eigenvalue weighted by molar-refractivity contribution is 8.00. The van der Waals surface area contributed by atoms with Crippen LogP contribution in [0.15, 0.2) is 49.9 Å². The number of aromatic nitrogens is 2. The van der Waals surface area contributed by atoms with Crippen LogP contribution in [0.3, 0.4) is 0 Å². The van der Waals surface area contributed by atoms with Gasteiger partial charge in [0.05, 0.1) is 27.8 Å². The lowest BCUT2D eigenvalue weighted by Gasteiger charge is -2.18. The standard InChI is InChI=1S/C15H15ClFN3O3S2.C14H13ClO5S/c1-23-13(21)8-24-12-7-11(10(17)6-9(12)16)18-14-19-4-2-3-5-20(19)15(22)25-14;1-21(19,20)8-5-6-9(10(15)7-8)14(18)13-11(16)3-2-4-12(13)17/h6-7H,2-5,8H2,1H3;5-7,13H,2-4H2,1H3/b18-14-;. The summed E-state index contributed by atoms with van der Waals surface area (Å²) in [6.45, 7) is 1.32. The fraction of sp³-hybridized carbons (Fsp3) is 0.379. The molecule has 2 heterocycles. The van der Waals surface area contributed by atoms with Crippen molar-refractivity contribution < 1.29 is 36.7 Å². The monoisotopic (exact) mass is 731 g/mol. The number of sulfone groups is 1. The lowest BCUT2D eigenvalue weighted by Crippen LogP contribution is -2.35. The van der Waals surface area contributed by atoms with Crippen LogP contribution in [0.25, 0.3) is 0 Å². The number of halogens is 3. The number of carbonyl (C=O) groups is 4. The lowest BCUT2D eigenvalue weighted by molar-refractivity contribution is -0.137. The van der Waals surface area contributed by atoms with Crippen molar-refractivity contribution in [3.05, 3.63) is 66.2 Å². The maximum absolute atomic E-state index is 14.3. The predicted molar refractivity (Wildman–Crippen MR) is 171 cm³/mol. The minimum Gasteiger partial charge on any atom is -0.468 e. The van der Waals surface area contributed by atoms with Crippen LogP contribution in [-0.2, 0) is 42.0 Å². The molecule has 0 amide bonds. The van der Waals surface area contributed by atoms with Crippen LogP contribution in [0.1, 0.15) is 42.5 Å². The Morgan fingerprint density at radius 2 is 1.67 bits per heavy atom. The molecule has 1 aromatic heterocycles. The fourth-order valence-electron chi connectivity index (χ4n) is 4.71. The maximum Gasteiger partial charge on any atom is 0.325 e. The van der Waals surface area contributed by atoms with E-state index in [-0.39, 0.29) is 49.7 Å². The van der Waals surface area contributed by atoms with Crippen molar-refractivity contribution in [2.75, 3.05) is 19.1 Å². The van der Waals surface area contributed by atoms with Gasteiger partial charge in [-0.2, -0.15) is 0 Å². The first-order valence-corrected chi connectivity index (χ1v) is 18.3. The van der Waals surface area contributed by atoms with E-state index < -0.39 is 44.9 Å². The Morgan fingerprint density at radius 1 is 1.02 bits per heavy atom. The summed E-state index contributed by atoms with van der Waals surface area (Å²) in [7, 11) is -2.15. The molecule has 46 heavy (non-hydrogen) atoms. The van der Waals surface area contributed by atoms with E-state index in [0.29, 0.717) is 29.2 Å². The Hall–Kier alpha value is -3.11. The molecular formula is C29H28Cl2FN3O8S3. The van der Waals surface area contributed by atoms with Crippen molar-refractivity contribution in [2.24, 2.45) is 10.9 Å². The van der Waals surface area contributed by atoms with Gasteiger partial charge in [0.25, 0.3) is 0 Å². The molecule has 1 saturated carbocycles. The second-order valence-corrected chi connectivity index (χ2v) is 15.1. The Morgan fingerprint density at radius 3 is 2.28 bits per heavy atom. The quantitative estimate of drug-likeness (QED) is 0.146. The molecule has 17 heteroatoms. The number of fused-ring (bicyclic) bond motifs is 1. The van der Waals surface area contributed by atoms with Gasteiger partial charge in [-0.25, -0.2) is 22.5 Å². The van der Waals surface area contributed by atoms with Gasteiger partial charge >= 0.3 is 10.8 Å². The van der Waals surface area contributed by atoms with Crippen molar-refractivity contribution in [1.29, 1.82) is 0 Å². The molecule has 11 nitrogen and oxygen atoms in total. The number of Topliss-reactive ketones (excluding diaryl/α,β-unsaturated/α-hetero) is 3. The second-order valence-electron chi connectivity index (χ2n) is 10.3. The average molecular weight is 733 g/mol. The van der Waals surface area contributed by atoms with Crippen LogP contribution in [0.4, 0.5) is 10.1 Å². The number of thioether (sulfide) groups is 1. The molecule has 1 aliphatic heterocycles. The van der Waals surface area contributed by atoms with Gasteiger partial charge in [0.15, 0.2) is 27.2 Å². The summed E-state index contributed by atoms with van der Waals surface area (Å²) in [5.74, 6) is -3.69. The Balaban J connectivity index is 0.000000212. The molecular weight excluding hydrogens is 704 g/mol. The smallest absolute Gasteiger partial charge is 0.325 e. The van der Waals surface area contributed by atoms with Crippen molar-refractivity contribution in [1.82, 2.24) is 9.36 Å². The van der Waals surface area contributed by atoms with E-state index in [1.807, 2.05) is 0 Å². The van der Waals surface area contributed by atoms with Gasteiger partial charge in [0.1, 0.15) is 17.4 Å². The van der Waals surface area contributed by atoms with E-state index in [1.165, 1.54) is 25.3 Å². The van der Waals surface area contributed by atoms with Crippen LogP contribution in [0, 0.1) is 11.7 Å². The van der Waals surface area contributed by atoms with Crippen LogP contribution in [0.5, 0.6) is 0 Å². The third-order valence-electron chi connectivity index (χ3n) is 7.07. The number of hydrogen-bond donors (Lipinski definition) is 0. The number of nitrogens with zero attached hydrogens (tertiary/aromatic N) is 3. The van der Waals surface area contributed by atoms with Gasteiger partial charge in [0.2, 0.25) is 4.80 Å². The molecule has 0 unspecified atom stereocenters. The summed E-state index contributed by atoms with van der Waals surface area (Å²) in [6.07, 6.45) is 3.77. The molecule has 0 saturated heterocycles. The summed E-state index contributed by atoms with van der Waals surface area (Å²) in [5.41, 5.74) is 0.0807. The van der Waals surface area contributed by atoms with Gasteiger partial charge in [-0.15, -0.1) is 11.8 Å². The van der Waals surface area contributed by atoms with Gasteiger partial charge in [-0.3, -0.25) is 28.7 Å². The normalized spacial score (nSPS) is 15.6. The van der Waals surface area contributed by atoms with Gasteiger partial charge < -0.3 is 4.74 Å². The Kier molecular flexibility index (Phi) is 11.8. The molecule has 0 N–H and O–H groups in total. The van der Waals surface area contributed by atoms with E-state index in [2.05, 4.69) is 9.73 Å². The molecule has 246 valence electrons. The number of ketones is 3. The van der Waals surface area contributed by atoms with Crippen LogP contribution in [-0.4, -0.2) is 60.2 Å². The molecule has 2 aromatic carbocycles. The molecule has 1 fully saturated rings. The third kappa shape index (κ3) is 8.42. The highest BCUT2D eigenvalue weighted by Crippen LogP contribution is 2.33. The van der Waals surface area contributed by atoms with E-state index >= 15 is 0 Å². The summed E-state index contributed by atoms with van der Waals surface area (Å²) >= 11 is 14.1. The molecule has 0 bridgehead atoms. The number of hydrogen-bond acceptors (Lipinski definition) is 11. The van der Waals surface area contributed by atoms with Gasteiger partial charge in [0, 0.05) is 42.6 Å². The highest BCUT2D eigenvalue weighted by Gasteiger charge is 2.37. The van der Waals surface area contributed by atoms with Crippen LogP contribution >= 0.6 is 46.3 Å². The molecule has 2 aliphatic rings. The predicted octanol–water partition coefficient (Wildman–Crippen LogP) is 4.66. The molecule has 0 atom stereocenters. The first kappa shape index (κ1) is 35.7. The SMILES string of the molecule is COC(=O)CSc1cc(/N=c2\sc(=O)n3n2CCCC3)c(F)cc1Cl.CS(=O)(=O)c1ccc(C(=O)C2C(=O)CCCC2=O)c(Cl)c1. The number of methoxy groups -OCH3 is 1. The van der Waals surface area contributed by atoms with Crippen molar-refractivity contribution in [3.8, 4) is 0 Å².